The van der Waals surface area contributed by atoms with Gasteiger partial charge in [0.25, 0.3) is 5.78 Å². The molecule has 0 bridgehead atoms. The van der Waals surface area contributed by atoms with Crippen molar-refractivity contribution in [3.05, 3.63) is 137 Å². The van der Waals surface area contributed by atoms with Gasteiger partial charge in [-0.25, -0.2) is 0 Å². The smallest absolute Gasteiger partial charge is 0.301 e. The molecule has 2 aliphatic rings. The Morgan fingerprint density at radius 2 is 1.72 bits per heavy atom. The van der Waals surface area contributed by atoms with Crippen molar-refractivity contribution in [1.82, 2.24) is 10.2 Å². The van der Waals surface area contributed by atoms with Gasteiger partial charge in [0.15, 0.2) is 4.34 Å². The maximum absolute atomic E-state index is 13.8. The monoisotopic (exact) mass is 647 g/mol. The highest BCUT2D eigenvalue weighted by molar-refractivity contribution is 8.00. The lowest BCUT2D eigenvalue weighted by Crippen LogP contribution is -2.29. The lowest BCUT2D eigenvalue weighted by molar-refractivity contribution is -0.132. The first-order valence-electron chi connectivity index (χ1n) is 14.8. The molecule has 0 aliphatic carbocycles. The molecule has 0 spiro atoms. The molecular weight excluding hydrogens is 619 g/mol. The van der Waals surface area contributed by atoms with Crippen LogP contribution in [0.1, 0.15) is 40.8 Å². The summed E-state index contributed by atoms with van der Waals surface area (Å²) < 4.78 is 12.6. The minimum absolute atomic E-state index is 0.0166. The predicted octanol–water partition coefficient (Wildman–Crippen LogP) is 7.36. The van der Waals surface area contributed by atoms with Gasteiger partial charge in [-0.2, -0.15) is 0 Å². The highest BCUT2D eigenvalue weighted by Gasteiger charge is 2.48. The number of nitrogens with zero attached hydrogens (tertiary/aromatic N) is 3. The Morgan fingerprint density at radius 1 is 0.957 bits per heavy atom. The Morgan fingerprint density at radius 3 is 2.50 bits per heavy atom. The first kappa shape index (κ1) is 29.8. The first-order valence-corrected chi connectivity index (χ1v) is 16.6. The molecule has 8 nitrogen and oxygen atoms in total. The third-order valence-electron chi connectivity index (χ3n) is 7.84. The highest BCUT2D eigenvalue weighted by Crippen LogP contribution is 2.45. The van der Waals surface area contributed by atoms with E-state index in [0.717, 1.165) is 22.4 Å². The zero-order valence-electron chi connectivity index (χ0n) is 24.8. The molecule has 230 valence electrons. The summed E-state index contributed by atoms with van der Waals surface area (Å²) in [6, 6.07) is 31.4. The summed E-state index contributed by atoms with van der Waals surface area (Å²) in [6.45, 7) is 2.32. The van der Waals surface area contributed by atoms with Crippen molar-refractivity contribution in [1.29, 1.82) is 0 Å². The number of ether oxygens (including phenoxy) is 2. The van der Waals surface area contributed by atoms with Crippen LogP contribution in [0.3, 0.4) is 0 Å². The minimum atomic E-state index is -0.955. The van der Waals surface area contributed by atoms with Gasteiger partial charge in [0.05, 0.1) is 11.6 Å². The first-order chi connectivity index (χ1) is 22.4. The summed E-state index contributed by atoms with van der Waals surface area (Å²) in [7, 11) is 0. The molecule has 4 aromatic carbocycles. The number of carbonyl (C=O) groups excluding carboxylic acids is 2. The fourth-order valence-corrected chi connectivity index (χ4v) is 7.49. The Hall–Kier alpha value is -4.93. The second kappa shape index (κ2) is 12.8. The van der Waals surface area contributed by atoms with Gasteiger partial charge in [-0.1, -0.05) is 95.9 Å². The molecular formula is C36H29N3O5S2. The van der Waals surface area contributed by atoms with Crippen LogP contribution in [0.4, 0.5) is 5.13 Å². The third-order valence-corrected chi connectivity index (χ3v) is 9.97. The van der Waals surface area contributed by atoms with Crippen LogP contribution in [0.25, 0.3) is 5.76 Å². The number of Topliss-reactive ketones (excluding diaryl/α,β-unsaturated/α-hetero) is 1. The van der Waals surface area contributed by atoms with Gasteiger partial charge in [0.1, 0.15) is 30.0 Å². The van der Waals surface area contributed by atoms with Crippen LogP contribution in [0.5, 0.6) is 11.5 Å². The van der Waals surface area contributed by atoms with E-state index in [1.165, 1.54) is 28.0 Å². The lowest BCUT2D eigenvalue weighted by atomic mass is 9.94. The maximum Gasteiger partial charge on any atom is 0.301 e. The molecule has 5 aromatic rings. The molecule has 2 aliphatic heterocycles. The predicted molar refractivity (Wildman–Crippen MR) is 178 cm³/mol. The fourth-order valence-electron chi connectivity index (χ4n) is 5.66. The van der Waals surface area contributed by atoms with E-state index in [4.69, 9.17) is 9.47 Å². The van der Waals surface area contributed by atoms with Crippen molar-refractivity contribution in [3.63, 3.8) is 0 Å². The van der Waals surface area contributed by atoms with Gasteiger partial charge in [0.2, 0.25) is 5.13 Å². The van der Waals surface area contributed by atoms with Crippen molar-refractivity contribution in [2.45, 2.75) is 42.2 Å². The molecule has 1 saturated heterocycles. The number of fused-ring (bicyclic) bond motifs is 1. The summed E-state index contributed by atoms with van der Waals surface area (Å²) >= 11 is 2.74. The summed E-state index contributed by atoms with van der Waals surface area (Å²) in [5, 5.41) is 20.6. The van der Waals surface area contributed by atoms with E-state index in [1.54, 1.807) is 18.2 Å². The Labute approximate surface area is 274 Å². The molecule has 1 fully saturated rings. The number of carbonyl (C=O) groups is 2. The average molecular weight is 648 g/mol. The van der Waals surface area contributed by atoms with Crippen molar-refractivity contribution >= 4 is 45.7 Å². The number of benzene rings is 4. The number of aliphatic hydroxyl groups excluding tert-OH is 1. The standard InChI is InChI=1S/C36H29N3O5S2/c1-22-17-27-18-26(15-16-29(27)44-22)32(40)30-31(25-13-8-14-28(19-25)43-20-23-9-4-2-5-10-23)39(34(42)33(30)41)35-37-38-36(46-35)45-21-24-11-6-3-7-12-24/h2-16,18-19,22,31,40H,17,20-21H2,1H3/b32-30+/t22-,31-/m0/s1. The molecule has 1 amide bonds. The summed E-state index contributed by atoms with van der Waals surface area (Å²) in [5.41, 5.74) is 4.08. The Bertz CT molecular complexity index is 1940. The van der Waals surface area contributed by atoms with Gasteiger partial charge in [-0.05, 0) is 59.5 Å². The van der Waals surface area contributed by atoms with Crippen LogP contribution in [-0.2, 0) is 28.4 Å². The van der Waals surface area contributed by atoms with E-state index in [2.05, 4.69) is 10.2 Å². The molecule has 2 atom stereocenters. The Balaban J connectivity index is 1.26. The SMILES string of the molecule is C[C@H]1Cc2cc(/C(O)=C3\C(=O)C(=O)N(c4nnc(SCc5ccccc5)s4)[C@H]3c3cccc(OCc4ccccc4)c3)ccc2O1. The number of hydrogen-bond acceptors (Lipinski definition) is 9. The molecule has 1 N–H and O–H groups in total. The normalized spacial score (nSPS) is 18.4. The van der Waals surface area contributed by atoms with E-state index < -0.39 is 17.7 Å². The van der Waals surface area contributed by atoms with Crippen LogP contribution in [0.2, 0.25) is 0 Å². The van der Waals surface area contributed by atoms with E-state index in [-0.39, 0.29) is 22.6 Å². The van der Waals surface area contributed by atoms with Crippen LogP contribution in [0.15, 0.2) is 113 Å². The van der Waals surface area contributed by atoms with Crippen LogP contribution in [-0.4, -0.2) is 33.1 Å². The van der Waals surface area contributed by atoms with Gasteiger partial charge in [-0.15, -0.1) is 10.2 Å². The second-order valence-electron chi connectivity index (χ2n) is 11.1. The fraction of sp³-hybridized carbons (Fsp3) is 0.167. The number of anilines is 1. The Kier molecular flexibility index (Phi) is 8.30. The topological polar surface area (TPSA) is 102 Å². The zero-order valence-corrected chi connectivity index (χ0v) is 26.5. The summed E-state index contributed by atoms with van der Waals surface area (Å²) in [4.78, 5) is 28.9. The van der Waals surface area contributed by atoms with E-state index in [1.807, 2.05) is 91.9 Å². The largest absolute Gasteiger partial charge is 0.507 e. The molecule has 0 unspecified atom stereocenters. The van der Waals surface area contributed by atoms with E-state index >= 15 is 0 Å². The zero-order chi connectivity index (χ0) is 31.6. The molecule has 3 heterocycles. The van der Waals surface area contributed by atoms with E-state index in [0.29, 0.717) is 40.0 Å². The number of aromatic nitrogens is 2. The molecule has 0 radical (unpaired) electrons. The van der Waals surface area contributed by atoms with E-state index in [9.17, 15) is 14.7 Å². The maximum atomic E-state index is 13.8. The van der Waals surface area contributed by atoms with Crippen LogP contribution in [0, 0.1) is 0 Å². The van der Waals surface area contributed by atoms with Crippen molar-refractivity contribution in [3.8, 4) is 11.5 Å². The quantitative estimate of drug-likeness (QED) is 0.0582. The van der Waals surface area contributed by atoms with Crippen molar-refractivity contribution in [2.24, 2.45) is 0 Å². The van der Waals surface area contributed by atoms with Crippen LogP contribution >= 0.6 is 23.1 Å². The molecule has 46 heavy (non-hydrogen) atoms. The van der Waals surface area contributed by atoms with Crippen LogP contribution < -0.4 is 14.4 Å². The molecule has 1 aromatic heterocycles. The van der Waals surface area contributed by atoms with Crippen molar-refractivity contribution < 1.29 is 24.2 Å². The number of rotatable bonds is 9. The van der Waals surface area contributed by atoms with Gasteiger partial charge < -0.3 is 14.6 Å². The number of thioether (sulfide) groups is 1. The van der Waals surface area contributed by atoms with Crippen molar-refractivity contribution in [2.75, 3.05) is 4.90 Å². The number of amides is 1. The summed E-state index contributed by atoms with van der Waals surface area (Å²) in [6.07, 6.45) is 0.700. The number of ketones is 1. The summed E-state index contributed by atoms with van der Waals surface area (Å²) in [5.74, 6) is 0.157. The molecule has 10 heteroatoms. The molecule has 0 saturated carbocycles. The second-order valence-corrected chi connectivity index (χ2v) is 13.3. The number of aliphatic hydroxyl groups is 1. The van der Waals surface area contributed by atoms with Gasteiger partial charge in [0, 0.05) is 17.7 Å². The molecule has 7 rings (SSSR count). The average Bonchev–Trinajstić information content (AvgIpc) is 3.78. The van der Waals surface area contributed by atoms with Gasteiger partial charge >= 0.3 is 5.91 Å². The highest BCUT2D eigenvalue weighted by atomic mass is 32.2. The number of hydrogen-bond donors (Lipinski definition) is 1. The minimum Gasteiger partial charge on any atom is -0.507 e. The third kappa shape index (κ3) is 6.01. The van der Waals surface area contributed by atoms with Gasteiger partial charge in [-0.3, -0.25) is 14.5 Å². The lowest BCUT2D eigenvalue weighted by Gasteiger charge is -2.23.